The summed E-state index contributed by atoms with van der Waals surface area (Å²) in [5.74, 6) is 0.396. The Labute approximate surface area is 124 Å². The van der Waals surface area contributed by atoms with E-state index in [-0.39, 0.29) is 6.01 Å². The van der Waals surface area contributed by atoms with Crippen LogP contribution in [0.15, 0.2) is 47.1 Å². The number of pyridine rings is 1. The van der Waals surface area contributed by atoms with Crippen molar-refractivity contribution in [2.75, 3.05) is 5.32 Å². The van der Waals surface area contributed by atoms with E-state index >= 15 is 0 Å². The molecule has 0 fully saturated rings. The van der Waals surface area contributed by atoms with Gasteiger partial charge >= 0.3 is 6.01 Å². The maximum Gasteiger partial charge on any atom is 0.320 e. The lowest BCUT2D eigenvalue weighted by Crippen LogP contribution is -1.91. The standard InChI is InChI=1S/C13H8Cl2N4O/c14-9-2-1-3-10(11(9)15)17-13-19-18-12(20-13)8-4-6-16-7-5-8/h1-7H,(H,17,19). The summed E-state index contributed by atoms with van der Waals surface area (Å²) in [6.45, 7) is 0. The summed E-state index contributed by atoms with van der Waals surface area (Å²) in [4.78, 5) is 3.93. The van der Waals surface area contributed by atoms with Crippen molar-refractivity contribution < 1.29 is 4.42 Å². The molecule has 0 radical (unpaired) electrons. The summed E-state index contributed by atoms with van der Waals surface area (Å²) in [6, 6.07) is 9.04. The number of hydrogen-bond acceptors (Lipinski definition) is 5. The minimum atomic E-state index is 0.237. The van der Waals surface area contributed by atoms with Gasteiger partial charge in [0.15, 0.2) is 0 Å². The molecule has 100 valence electrons. The van der Waals surface area contributed by atoms with Crippen LogP contribution in [0.4, 0.5) is 11.7 Å². The number of halogens is 2. The van der Waals surface area contributed by atoms with Gasteiger partial charge in [0.2, 0.25) is 5.89 Å². The second-order valence-corrected chi connectivity index (χ2v) is 4.66. The number of rotatable bonds is 3. The van der Waals surface area contributed by atoms with Gasteiger partial charge in [-0.05, 0) is 24.3 Å². The molecule has 0 aliphatic rings. The van der Waals surface area contributed by atoms with Crippen molar-refractivity contribution in [3.05, 3.63) is 52.8 Å². The first-order valence-corrected chi connectivity index (χ1v) is 6.44. The summed E-state index contributed by atoms with van der Waals surface area (Å²) < 4.78 is 5.51. The van der Waals surface area contributed by atoms with E-state index in [1.54, 1.807) is 42.7 Å². The van der Waals surface area contributed by atoms with Crippen molar-refractivity contribution in [1.82, 2.24) is 15.2 Å². The third-order valence-electron chi connectivity index (χ3n) is 2.55. The number of benzene rings is 1. The van der Waals surface area contributed by atoms with Crippen molar-refractivity contribution in [3.8, 4) is 11.5 Å². The Morgan fingerprint density at radius 2 is 1.80 bits per heavy atom. The fourth-order valence-electron chi connectivity index (χ4n) is 1.60. The Balaban J connectivity index is 1.86. The highest BCUT2D eigenvalue weighted by molar-refractivity contribution is 6.43. The maximum atomic E-state index is 6.07. The van der Waals surface area contributed by atoms with Gasteiger partial charge in [-0.1, -0.05) is 34.4 Å². The summed E-state index contributed by atoms with van der Waals surface area (Å²) in [5.41, 5.74) is 1.39. The van der Waals surface area contributed by atoms with Crippen molar-refractivity contribution in [3.63, 3.8) is 0 Å². The van der Waals surface area contributed by atoms with Gasteiger partial charge in [0.05, 0.1) is 15.7 Å². The van der Waals surface area contributed by atoms with E-state index in [2.05, 4.69) is 20.5 Å². The third kappa shape index (κ3) is 2.59. The minimum Gasteiger partial charge on any atom is -0.403 e. The number of hydrogen-bond donors (Lipinski definition) is 1. The summed E-state index contributed by atoms with van der Waals surface area (Å²) in [5, 5.41) is 11.6. The average molecular weight is 307 g/mol. The van der Waals surface area contributed by atoms with Crippen LogP contribution < -0.4 is 5.32 Å². The van der Waals surface area contributed by atoms with Crippen LogP contribution in [0.3, 0.4) is 0 Å². The van der Waals surface area contributed by atoms with Gasteiger partial charge in [0, 0.05) is 18.0 Å². The first-order chi connectivity index (χ1) is 9.74. The van der Waals surface area contributed by atoms with Crippen LogP contribution in [-0.2, 0) is 0 Å². The summed E-state index contributed by atoms with van der Waals surface area (Å²) >= 11 is 12.0. The zero-order valence-corrected chi connectivity index (χ0v) is 11.6. The normalized spacial score (nSPS) is 10.5. The van der Waals surface area contributed by atoms with Crippen LogP contribution in [0.25, 0.3) is 11.5 Å². The van der Waals surface area contributed by atoms with Gasteiger partial charge < -0.3 is 9.73 Å². The first-order valence-electron chi connectivity index (χ1n) is 5.69. The quantitative estimate of drug-likeness (QED) is 0.786. The van der Waals surface area contributed by atoms with Crippen LogP contribution in [-0.4, -0.2) is 15.2 Å². The predicted octanol–water partition coefficient (Wildman–Crippen LogP) is 4.18. The molecule has 3 aromatic rings. The molecule has 0 saturated carbocycles. The Bertz CT molecular complexity index is 730. The van der Waals surface area contributed by atoms with E-state index < -0.39 is 0 Å². The molecule has 0 aliphatic heterocycles. The zero-order chi connectivity index (χ0) is 13.9. The molecule has 2 heterocycles. The molecule has 1 N–H and O–H groups in total. The van der Waals surface area contributed by atoms with Crippen LogP contribution in [0.2, 0.25) is 10.0 Å². The Morgan fingerprint density at radius 1 is 1.00 bits per heavy atom. The lowest BCUT2D eigenvalue weighted by molar-refractivity contribution is 0.587. The van der Waals surface area contributed by atoms with Gasteiger partial charge in [-0.15, -0.1) is 5.10 Å². The molecule has 0 aliphatic carbocycles. The van der Waals surface area contributed by atoms with Gasteiger partial charge in [0.1, 0.15) is 0 Å². The minimum absolute atomic E-state index is 0.237. The predicted molar refractivity (Wildman–Crippen MR) is 77.3 cm³/mol. The molecule has 1 aromatic carbocycles. The molecule has 0 amide bonds. The van der Waals surface area contributed by atoms with Crippen LogP contribution in [0, 0.1) is 0 Å². The number of nitrogens with zero attached hydrogens (tertiary/aromatic N) is 3. The fraction of sp³-hybridized carbons (Fsp3) is 0. The van der Waals surface area contributed by atoms with Gasteiger partial charge in [-0.3, -0.25) is 4.98 Å². The lowest BCUT2D eigenvalue weighted by atomic mass is 10.3. The monoisotopic (exact) mass is 306 g/mol. The lowest BCUT2D eigenvalue weighted by Gasteiger charge is -2.04. The molecule has 5 nitrogen and oxygen atoms in total. The molecule has 7 heteroatoms. The van der Waals surface area contributed by atoms with Crippen LogP contribution >= 0.6 is 23.2 Å². The Hall–Kier alpha value is -2.11. The van der Waals surface area contributed by atoms with Gasteiger partial charge in [-0.25, -0.2) is 0 Å². The van der Waals surface area contributed by atoms with Gasteiger partial charge in [0.25, 0.3) is 0 Å². The topological polar surface area (TPSA) is 63.8 Å². The van der Waals surface area contributed by atoms with E-state index in [1.165, 1.54) is 0 Å². The zero-order valence-electron chi connectivity index (χ0n) is 10.0. The van der Waals surface area contributed by atoms with Crippen molar-refractivity contribution in [1.29, 1.82) is 0 Å². The second kappa shape index (κ2) is 5.48. The summed E-state index contributed by atoms with van der Waals surface area (Å²) in [6.07, 6.45) is 3.31. The van der Waals surface area contributed by atoms with E-state index in [9.17, 15) is 0 Å². The van der Waals surface area contributed by atoms with Crippen molar-refractivity contribution in [2.24, 2.45) is 0 Å². The van der Waals surface area contributed by atoms with Gasteiger partial charge in [-0.2, -0.15) is 0 Å². The third-order valence-corrected chi connectivity index (χ3v) is 3.36. The fourth-order valence-corrected chi connectivity index (χ4v) is 1.95. The van der Waals surface area contributed by atoms with E-state index in [0.717, 1.165) is 5.56 Å². The maximum absolute atomic E-state index is 6.07. The average Bonchev–Trinajstić information content (AvgIpc) is 2.93. The van der Waals surface area contributed by atoms with E-state index in [1.807, 2.05) is 0 Å². The molecule has 0 atom stereocenters. The molecular weight excluding hydrogens is 299 g/mol. The smallest absolute Gasteiger partial charge is 0.320 e. The van der Waals surface area contributed by atoms with Crippen molar-refractivity contribution >= 4 is 34.9 Å². The molecule has 3 rings (SSSR count). The molecule has 0 spiro atoms. The highest BCUT2D eigenvalue weighted by Crippen LogP contribution is 2.31. The molecule has 0 bridgehead atoms. The highest BCUT2D eigenvalue weighted by atomic mass is 35.5. The Morgan fingerprint density at radius 3 is 2.60 bits per heavy atom. The van der Waals surface area contributed by atoms with E-state index in [0.29, 0.717) is 21.6 Å². The molecule has 2 aromatic heterocycles. The number of nitrogens with one attached hydrogen (secondary N) is 1. The van der Waals surface area contributed by atoms with Crippen molar-refractivity contribution in [2.45, 2.75) is 0 Å². The summed E-state index contributed by atoms with van der Waals surface area (Å²) in [7, 11) is 0. The number of anilines is 2. The van der Waals surface area contributed by atoms with E-state index in [4.69, 9.17) is 27.6 Å². The largest absolute Gasteiger partial charge is 0.403 e. The molecule has 20 heavy (non-hydrogen) atoms. The Kier molecular flexibility index (Phi) is 3.54. The SMILES string of the molecule is Clc1cccc(Nc2nnc(-c3ccncc3)o2)c1Cl. The number of aromatic nitrogens is 3. The van der Waals surface area contributed by atoms with Crippen LogP contribution in [0.1, 0.15) is 0 Å². The first kappa shape index (κ1) is 12.9. The molecule has 0 unspecified atom stereocenters. The molecule has 0 saturated heterocycles. The molecular formula is C13H8Cl2N4O. The second-order valence-electron chi connectivity index (χ2n) is 3.87. The van der Waals surface area contributed by atoms with Crippen LogP contribution in [0.5, 0.6) is 0 Å². The highest BCUT2D eigenvalue weighted by Gasteiger charge is 2.10.